The van der Waals surface area contributed by atoms with E-state index in [-0.39, 0.29) is 0 Å². The molecule has 3 nitrogen and oxygen atoms in total. The lowest BCUT2D eigenvalue weighted by molar-refractivity contribution is 0.404. The lowest BCUT2D eigenvalue weighted by Gasteiger charge is -2.10. The van der Waals surface area contributed by atoms with Gasteiger partial charge in [-0.1, -0.05) is 13.8 Å². The Morgan fingerprint density at radius 2 is 2.08 bits per heavy atom. The molecule has 1 rings (SSSR count). The minimum atomic E-state index is 0.337. The third-order valence-electron chi connectivity index (χ3n) is 1.67. The zero-order valence-corrected chi connectivity index (χ0v) is 7.66. The predicted octanol–water partition coefficient (Wildman–Crippen LogP) is 1.80. The van der Waals surface area contributed by atoms with E-state index in [9.17, 15) is 0 Å². The van der Waals surface area contributed by atoms with Gasteiger partial charge in [0.1, 0.15) is 11.6 Å². The Labute approximate surface area is 72.6 Å². The van der Waals surface area contributed by atoms with Crippen molar-refractivity contribution < 1.29 is 4.74 Å². The molecule has 2 N–H and O–H groups in total. The molecule has 0 fully saturated rings. The number of methoxy groups -OCH3 is 1. The van der Waals surface area contributed by atoms with Crippen molar-refractivity contribution in [1.29, 1.82) is 0 Å². The van der Waals surface area contributed by atoms with Gasteiger partial charge in [0.15, 0.2) is 0 Å². The van der Waals surface area contributed by atoms with Crippen LogP contribution in [0.4, 0.5) is 5.82 Å². The summed E-state index contributed by atoms with van der Waals surface area (Å²) in [6, 6.07) is 3.59. The van der Waals surface area contributed by atoms with E-state index < -0.39 is 0 Å². The fraction of sp³-hybridized carbons (Fsp3) is 0.444. The Morgan fingerprint density at radius 1 is 1.42 bits per heavy atom. The molecule has 0 radical (unpaired) electrons. The van der Waals surface area contributed by atoms with E-state index in [1.165, 1.54) is 0 Å². The van der Waals surface area contributed by atoms with Crippen LogP contribution in [-0.4, -0.2) is 12.1 Å². The van der Waals surface area contributed by atoms with E-state index in [0.717, 1.165) is 11.4 Å². The molecule has 0 saturated heterocycles. The molecule has 0 spiro atoms. The van der Waals surface area contributed by atoms with Gasteiger partial charge in [-0.15, -0.1) is 0 Å². The van der Waals surface area contributed by atoms with Crippen molar-refractivity contribution in [2.24, 2.45) is 0 Å². The second-order valence-corrected chi connectivity index (χ2v) is 2.98. The average Bonchev–Trinajstić information content (AvgIpc) is 2.04. The highest BCUT2D eigenvalue weighted by molar-refractivity contribution is 5.39. The molecule has 0 unspecified atom stereocenters. The quantitative estimate of drug-likeness (QED) is 0.728. The van der Waals surface area contributed by atoms with Gasteiger partial charge in [0.2, 0.25) is 0 Å². The molecule has 0 bridgehead atoms. The molecular weight excluding hydrogens is 152 g/mol. The third-order valence-corrected chi connectivity index (χ3v) is 1.67. The summed E-state index contributed by atoms with van der Waals surface area (Å²) in [5.41, 5.74) is 6.47. The third kappa shape index (κ3) is 1.67. The summed E-state index contributed by atoms with van der Waals surface area (Å²) in [7, 11) is 1.64. The zero-order chi connectivity index (χ0) is 9.14. The normalized spacial score (nSPS) is 10.3. The van der Waals surface area contributed by atoms with E-state index in [1.54, 1.807) is 13.2 Å². The highest BCUT2D eigenvalue weighted by Crippen LogP contribution is 2.24. The summed E-state index contributed by atoms with van der Waals surface area (Å²) >= 11 is 0. The van der Waals surface area contributed by atoms with Gasteiger partial charge in [0.05, 0.1) is 12.8 Å². The van der Waals surface area contributed by atoms with Crippen molar-refractivity contribution in [3.63, 3.8) is 0 Å². The summed E-state index contributed by atoms with van der Waals surface area (Å²) in [5, 5.41) is 0. The van der Waals surface area contributed by atoms with Crippen LogP contribution < -0.4 is 10.5 Å². The van der Waals surface area contributed by atoms with Crippen LogP contribution in [0.1, 0.15) is 25.5 Å². The van der Waals surface area contributed by atoms with E-state index in [0.29, 0.717) is 11.7 Å². The van der Waals surface area contributed by atoms with Crippen molar-refractivity contribution >= 4 is 5.82 Å². The largest absolute Gasteiger partial charge is 0.495 e. The molecule has 0 amide bonds. The van der Waals surface area contributed by atoms with Crippen LogP contribution >= 0.6 is 0 Å². The Morgan fingerprint density at radius 3 is 2.58 bits per heavy atom. The van der Waals surface area contributed by atoms with Crippen LogP contribution in [0, 0.1) is 0 Å². The number of pyridine rings is 1. The molecule has 0 aromatic carbocycles. The van der Waals surface area contributed by atoms with Crippen molar-refractivity contribution in [3.8, 4) is 5.75 Å². The maximum atomic E-state index is 5.55. The van der Waals surface area contributed by atoms with Gasteiger partial charge in [-0.3, -0.25) is 0 Å². The number of anilines is 1. The Kier molecular flexibility index (Phi) is 2.53. The molecule has 1 aromatic rings. The van der Waals surface area contributed by atoms with Crippen molar-refractivity contribution in [2.75, 3.05) is 12.8 Å². The number of nitrogen functional groups attached to an aromatic ring is 1. The minimum absolute atomic E-state index is 0.337. The lowest BCUT2D eigenvalue weighted by atomic mass is 10.1. The number of hydrogen-bond donors (Lipinski definition) is 1. The molecular formula is C9H14N2O. The average molecular weight is 166 g/mol. The van der Waals surface area contributed by atoms with E-state index in [4.69, 9.17) is 10.5 Å². The van der Waals surface area contributed by atoms with Crippen LogP contribution in [0.15, 0.2) is 12.1 Å². The SMILES string of the molecule is COc1ccc(N)nc1C(C)C. The second kappa shape index (κ2) is 3.43. The Balaban J connectivity index is 3.12. The van der Waals surface area contributed by atoms with E-state index >= 15 is 0 Å². The summed E-state index contributed by atoms with van der Waals surface area (Å²) in [5.74, 6) is 1.68. The molecule has 3 heteroatoms. The lowest BCUT2D eigenvalue weighted by Crippen LogP contribution is -2.00. The van der Waals surface area contributed by atoms with Gasteiger partial charge in [-0.2, -0.15) is 0 Å². The zero-order valence-electron chi connectivity index (χ0n) is 7.66. The van der Waals surface area contributed by atoms with Gasteiger partial charge < -0.3 is 10.5 Å². The maximum Gasteiger partial charge on any atom is 0.140 e. The first-order chi connectivity index (χ1) is 5.65. The van der Waals surface area contributed by atoms with Crippen LogP contribution in [0.3, 0.4) is 0 Å². The van der Waals surface area contributed by atoms with Crippen molar-refractivity contribution in [1.82, 2.24) is 4.98 Å². The van der Waals surface area contributed by atoms with Gasteiger partial charge in [-0.25, -0.2) is 4.98 Å². The predicted molar refractivity (Wildman–Crippen MR) is 49.3 cm³/mol. The molecule has 1 aromatic heterocycles. The minimum Gasteiger partial charge on any atom is -0.495 e. The van der Waals surface area contributed by atoms with Crippen LogP contribution in [-0.2, 0) is 0 Å². The Bertz CT molecular complexity index is 271. The molecule has 0 saturated carbocycles. The van der Waals surface area contributed by atoms with Crippen LogP contribution in [0.5, 0.6) is 5.75 Å². The number of nitrogens with zero attached hydrogens (tertiary/aromatic N) is 1. The van der Waals surface area contributed by atoms with Crippen molar-refractivity contribution in [3.05, 3.63) is 17.8 Å². The molecule has 66 valence electrons. The summed E-state index contributed by atoms with van der Waals surface area (Å²) < 4.78 is 5.14. The highest BCUT2D eigenvalue weighted by atomic mass is 16.5. The molecule has 0 atom stereocenters. The fourth-order valence-corrected chi connectivity index (χ4v) is 1.06. The molecule has 0 aliphatic carbocycles. The number of aromatic nitrogens is 1. The first-order valence-electron chi connectivity index (χ1n) is 3.95. The number of rotatable bonds is 2. The maximum absolute atomic E-state index is 5.55. The van der Waals surface area contributed by atoms with E-state index in [1.807, 2.05) is 6.07 Å². The molecule has 0 aliphatic rings. The standard InChI is InChI=1S/C9H14N2O/c1-6(2)9-7(12-3)4-5-8(10)11-9/h4-6H,1-3H3,(H2,10,11). The number of hydrogen-bond acceptors (Lipinski definition) is 3. The van der Waals surface area contributed by atoms with Gasteiger partial charge in [0.25, 0.3) is 0 Å². The summed E-state index contributed by atoms with van der Waals surface area (Å²) in [6.45, 7) is 4.12. The second-order valence-electron chi connectivity index (χ2n) is 2.98. The molecule has 1 heterocycles. The first kappa shape index (κ1) is 8.84. The highest BCUT2D eigenvalue weighted by Gasteiger charge is 2.08. The van der Waals surface area contributed by atoms with Gasteiger partial charge >= 0.3 is 0 Å². The number of nitrogens with two attached hydrogens (primary N) is 1. The van der Waals surface area contributed by atoms with E-state index in [2.05, 4.69) is 18.8 Å². The summed E-state index contributed by atoms with van der Waals surface area (Å²) in [6.07, 6.45) is 0. The summed E-state index contributed by atoms with van der Waals surface area (Å²) in [4.78, 5) is 4.20. The molecule has 12 heavy (non-hydrogen) atoms. The molecule has 0 aliphatic heterocycles. The Hall–Kier alpha value is -1.25. The van der Waals surface area contributed by atoms with Crippen molar-refractivity contribution in [2.45, 2.75) is 19.8 Å². The first-order valence-corrected chi connectivity index (χ1v) is 3.95. The van der Waals surface area contributed by atoms with Crippen LogP contribution in [0.2, 0.25) is 0 Å². The van der Waals surface area contributed by atoms with Gasteiger partial charge in [-0.05, 0) is 18.1 Å². The fourth-order valence-electron chi connectivity index (χ4n) is 1.06. The number of ether oxygens (including phenoxy) is 1. The monoisotopic (exact) mass is 166 g/mol. The van der Waals surface area contributed by atoms with Gasteiger partial charge in [0, 0.05) is 0 Å². The smallest absolute Gasteiger partial charge is 0.140 e. The topological polar surface area (TPSA) is 48.1 Å². The van der Waals surface area contributed by atoms with Crippen LogP contribution in [0.25, 0.3) is 0 Å².